The Morgan fingerprint density at radius 2 is 1.69 bits per heavy atom. The van der Waals surface area contributed by atoms with E-state index in [1.165, 1.54) is 11.1 Å². The lowest BCUT2D eigenvalue weighted by Gasteiger charge is -2.29. The van der Waals surface area contributed by atoms with E-state index >= 15 is 0 Å². The molecule has 0 bridgehead atoms. The summed E-state index contributed by atoms with van der Waals surface area (Å²) >= 11 is 0. The van der Waals surface area contributed by atoms with Crippen LogP contribution in [-0.2, 0) is 24.3 Å². The van der Waals surface area contributed by atoms with Crippen molar-refractivity contribution < 1.29 is 19.0 Å². The van der Waals surface area contributed by atoms with Crippen molar-refractivity contribution in [1.29, 1.82) is 0 Å². The number of aromatic nitrogens is 3. The monoisotopic (exact) mass is 599 g/mol. The van der Waals surface area contributed by atoms with Crippen molar-refractivity contribution in [2.24, 2.45) is 0 Å². The lowest BCUT2D eigenvalue weighted by molar-refractivity contribution is -0.118. The molecule has 0 radical (unpaired) electrons. The molecule has 9 heteroatoms. The summed E-state index contributed by atoms with van der Waals surface area (Å²) in [5.41, 5.74) is 7.86. The molecule has 1 N–H and O–H groups in total. The maximum Gasteiger partial charge on any atom is 0.262 e. The van der Waals surface area contributed by atoms with Gasteiger partial charge in [-0.15, -0.1) is 0 Å². The topological polar surface area (TPSA) is 90.2 Å². The van der Waals surface area contributed by atoms with E-state index < -0.39 is 0 Å². The normalized spacial score (nSPS) is 13.0. The largest absolute Gasteiger partial charge is 0.493 e. The number of nitrogens with one attached hydrogen (secondary N) is 1. The van der Waals surface area contributed by atoms with Crippen LogP contribution in [0.1, 0.15) is 16.8 Å². The predicted octanol–water partition coefficient (Wildman–Crippen LogP) is 6.14. The average molecular weight is 600 g/mol. The summed E-state index contributed by atoms with van der Waals surface area (Å²) < 4.78 is 19.1. The number of benzene rings is 3. The van der Waals surface area contributed by atoms with Gasteiger partial charge in [-0.1, -0.05) is 36.4 Å². The van der Waals surface area contributed by atoms with E-state index in [4.69, 9.17) is 19.2 Å². The zero-order valence-corrected chi connectivity index (χ0v) is 25.2. The van der Waals surface area contributed by atoms with Crippen molar-refractivity contribution >= 4 is 28.1 Å². The Balaban J connectivity index is 1.07. The molecule has 1 amide bonds. The van der Waals surface area contributed by atoms with Gasteiger partial charge in [-0.05, 0) is 66.1 Å². The smallest absolute Gasteiger partial charge is 0.262 e. The molecule has 3 aromatic heterocycles. The molecule has 0 saturated heterocycles. The highest BCUT2D eigenvalue weighted by molar-refractivity contribution is 5.92. The summed E-state index contributed by atoms with van der Waals surface area (Å²) in [5.74, 6) is 1.85. The lowest BCUT2D eigenvalue weighted by Crippen LogP contribution is -2.30. The first-order valence-electron chi connectivity index (χ1n) is 14.9. The summed E-state index contributed by atoms with van der Waals surface area (Å²) in [5, 5.41) is 3.90. The first-order chi connectivity index (χ1) is 22.1. The summed E-state index contributed by atoms with van der Waals surface area (Å²) in [6.45, 7) is 2.33. The molecule has 226 valence electrons. The minimum atomic E-state index is -0.247. The first kappa shape index (κ1) is 28.4. The third-order valence-corrected chi connectivity index (χ3v) is 8.20. The van der Waals surface area contributed by atoms with Gasteiger partial charge in [0.1, 0.15) is 16.9 Å². The van der Waals surface area contributed by atoms with Gasteiger partial charge in [0.2, 0.25) is 0 Å². The third-order valence-electron chi connectivity index (χ3n) is 8.20. The summed E-state index contributed by atoms with van der Waals surface area (Å²) in [7, 11) is 3.34. The second kappa shape index (κ2) is 12.3. The van der Waals surface area contributed by atoms with Crippen LogP contribution in [0.4, 0.5) is 5.69 Å². The number of ether oxygens (including phenoxy) is 3. The summed E-state index contributed by atoms with van der Waals surface area (Å²) in [6, 6.07) is 27.6. The Kier molecular flexibility index (Phi) is 7.75. The van der Waals surface area contributed by atoms with Crippen LogP contribution in [0, 0.1) is 0 Å². The van der Waals surface area contributed by atoms with Crippen LogP contribution in [0.15, 0.2) is 97.3 Å². The molecule has 45 heavy (non-hydrogen) atoms. The molecule has 7 rings (SSSR count). The Morgan fingerprint density at radius 1 is 0.889 bits per heavy atom. The Bertz CT molecular complexity index is 2000. The highest BCUT2D eigenvalue weighted by Crippen LogP contribution is 2.34. The van der Waals surface area contributed by atoms with E-state index in [-0.39, 0.29) is 12.5 Å². The van der Waals surface area contributed by atoms with E-state index in [1.807, 2.05) is 72.8 Å². The van der Waals surface area contributed by atoms with Crippen LogP contribution in [0.25, 0.3) is 27.8 Å². The molecule has 1 aliphatic rings. The number of rotatable bonds is 9. The van der Waals surface area contributed by atoms with E-state index in [0.29, 0.717) is 11.4 Å². The predicted molar refractivity (Wildman–Crippen MR) is 174 cm³/mol. The number of amides is 1. The van der Waals surface area contributed by atoms with Crippen molar-refractivity contribution in [3.63, 3.8) is 0 Å². The average Bonchev–Trinajstić information content (AvgIpc) is 3.45. The fourth-order valence-corrected chi connectivity index (χ4v) is 5.96. The number of carbonyl (C=O) groups excluding carboxylic acids is 1. The fourth-order valence-electron chi connectivity index (χ4n) is 5.96. The molecule has 1 aliphatic heterocycles. The van der Waals surface area contributed by atoms with Crippen molar-refractivity contribution in [2.45, 2.75) is 19.5 Å². The van der Waals surface area contributed by atoms with Crippen molar-refractivity contribution in [3.8, 4) is 28.5 Å². The summed E-state index contributed by atoms with van der Waals surface area (Å²) in [4.78, 5) is 24.6. The molecule has 6 aromatic rings. The number of nitrogens with zero attached hydrogens (tertiary/aromatic N) is 4. The fraction of sp³-hybridized carbons (Fsp3) is 0.194. The van der Waals surface area contributed by atoms with Gasteiger partial charge in [0.05, 0.1) is 25.6 Å². The maximum atomic E-state index is 12.7. The zero-order chi connectivity index (χ0) is 30.8. The van der Waals surface area contributed by atoms with Crippen molar-refractivity contribution in [3.05, 3.63) is 114 Å². The molecule has 4 heterocycles. The number of hydrogen-bond acceptors (Lipinski definition) is 7. The highest BCUT2D eigenvalue weighted by Gasteiger charge is 2.23. The number of para-hydroxylation sites is 1. The minimum absolute atomic E-state index is 0.119. The molecule has 0 saturated carbocycles. The van der Waals surface area contributed by atoms with Gasteiger partial charge in [-0.25, -0.2) is 4.98 Å². The molecular formula is C36H33N5O4. The number of anilines is 1. The zero-order valence-electron chi connectivity index (χ0n) is 25.2. The number of hydrogen-bond donors (Lipinski definition) is 1. The number of imidazole rings is 1. The molecule has 0 aliphatic carbocycles. The van der Waals surface area contributed by atoms with Gasteiger partial charge in [0.15, 0.2) is 18.1 Å². The van der Waals surface area contributed by atoms with E-state index in [1.54, 1.807) is 20.4 Å². The van der Waals surface area contributed by atoms with Crippen molar-refractivity contribution in [2.75, 3.05) is 32.7 Å². The molecular weight excluding hydrogens is 566 g/mol. The number of methoxy groups -OCH3 is 2. The van der Waals surface area contributed by atoms with Gasteiger partial charge in [0.25, 0.3) is 5.91 Å². The Labute approximate surface area is 261 Å². The standard InChI is InChI=1S/C36H33N5O4/c1-43-31-19-26-15-18-40(21-27(26)20-32(31)44-2)22-29-35(39-33-10-3-4-17-41(29)33)25-11-13-28(14-12-25)38-34(42)23-45-30-9-5-7-24-8-6-16-37-36(24)30/h3-14,16-17,19-20H,15,18,21-23H2,1-2H3,(H,38,42). The molecule has 0 spiro atoms. The van der Waals surface area contributed by atoms with Gasteiger partial charge in [0, 0.05) is 48.7 Å². The van der Waals surface area contributed by atoms with E-state index in [0.717, 1.165) is 71.1 Å². The second-order valence-corrected chi connectivity index (χ2v) is 11.0. The SMILES string of the molecule is COc1cc2c(cc1OC)CN(Cc1c(-c3ccc(NC(=O)COc4cccc5cccnc45)cc3)nc3ccccn13)CC2. The summed E-state index contributed by atoms with van der Waals surface area (Å²) in [6.07, 6.45) is 4.70. The molecule has 0 unspecified atom stereocenters. The Morgan fingerprint density at radius 3 is 2.51 bits per heavy atom. The second-order valence-electron chi connectivity index (χ2n) is 11.0. The van der Waals surface area contributed by atoms with Crippen molar-refractivity contribution in [1.82, 2.24) is 19.3 Å². The lowest BCUT2D eigenvalue weighted by atomic mass is 9.98. The van der Waals surface area contributed by atoms with Crippen LogP contribution in [-0.4, -0.2) is 52.5 Å². The van der Waals surface area contributed by atoms with Gasteiger partial charge in [-0.2, -0.15) is 0 Å². The number of carbonyl (C=O) groups is 1. The van der Waals surface area contributed by atoms with Gasteiger partial charge in [-0.3, -0.25) is 14.7 Å². The van der Waals surface area contributed by atoms with Gasteiger partial charge >= 0.3 is 0 Å². The molecule has 3 aromatic carbocycles. The van der Waals surface area contributed by atoms with Crippen LogP contribution < -0.4 is 19.5 Å². The molecule has 0 fully saturated rings. The van der Waals surface area contributed by atoms with E-state index in [2.05, 4.69) is 37.9 Å². The molecule has 9 nitrogen and oxygen atoms in total. The first-order valence-corrected chi connectivity index (χ1v) is 14.9. The van der Waals surface area contributed by atoms with Gasteiger partial charge < -0.3 is 23.9 Å². The minimum Gasteiger partial charge on any atom is -0.493 e. The van der Waals surface area contributed by atoms with Crippen LogP contribution >= 0.6 is 0 Å². The third kappa shape index (κ3) is 5.77. The van der Waals surface area contributed by atoms with E-state index in [9.17, 15) is 4.79 Å². The molecule has 0 atom stereocenters. The van der Waals surface area contributed by atoms with Crippen LogP contribution in [0.2, 0.25) is 0 Å². The quantitative estimate of drug-likeness (QED) is 0.213. The maximum absolute atomic E-state index is 12.7. The van der Waals surface area contributed by atoms with Crippen LogP contribution in [0.5, 0.6) is 17.2 Å². The number of fused-ring (bicyclic) bond motifs is 3. The Hall–Kier alpha value is -5.41. The number of pyridine rings is 2. The highest BCUT2D eigenvalue weighted by atomic mass is 16.5. The van der Waals surface area contributed by atoms with Crippen LogP contribution in [0.3, 0.4) is 0 Å².